The van der Waals surface area contributed by atoms with E-state index >= 15 is 0 Å². The Morgan fingerprint density at radius 2 is 2.57 bits per heavy atom. The van der Waals surface area contributed by atoms with Crippen molar-refractivity contribution >= 4 is 5.69 Å². The van der Waals surface area contributed by atoms with Crippen LogP contribution in [0.3, 0.4) is 0 Å². The molecule has 1 aliphatic rings. The molecule has 0 amide bonds. The van der Waals surface area contributed by atoms with Crippen molar-refractivity contribution in [1.82, 2.24) is 4.98 Å². The SMILES string of the molecule is N#Cc1cnccc1NC1CCOC1. The summed E-state index contributed by atoms with van der Waals surface area (Å²) in [6.45, 7) is 1.51. The van der Waals surface area contributed by atoms with E-state index < -0.39 is 0 Å². The number of rotatable bonds is 2. The fraction of sp³-hybridized carbons (Fsp3) is 0.400. The molecule has 0 aromatic carbocycles. The quantitative estimate of drug-likeness (QED) is 0.758. The van der Waals surface area contributed by atoms with Gasteiger partial charge < -0.3 is 10.1 Å². The summed E-state index contributed by atoms with van der Waals surface area (Å²) in [7, 11) is 0. The maximum atomic E-state index is 8.83. The zero-order valence-corrected chi connectivity index (χ0v) is 7.73. The van der Waals surface area contributed by atoms with E-state index in [1.54, 1.807) is 12.4 Å². The third kappa shape index (κ3) is 1.83. The van der Waals surface area contributed by atoms with Gasteiger partial charge in [-0.25, -0.2) is 0 Å². The molecule has 4 heteroatoms. The van der Waals surface area contributed by atoms with Crippen LogP contribution >= 0.6 is 0 Å². The van der Waals surface area contributed by atoms with Crippen LogP contribution in [0, 0.1) is 11.3 Å². The van der Waals surface area contributed by atoms with Crippen LogP contribution in [0.2, 0.25) is 0 Å². The van der Waals surface area contributed by atoms with Crippen LogP contribution in [0.15, 0.2) is 18.5 Å². The molecule has 72 valence electrons. The molecule has 1 aromatic heterocycles. The average Bonchev–Trinajstić information content (AvgIpc) is 2.71. The first kappa shape index (κ1) is 8.97. The molecular weight excluding hydrogens is 178 g/mol. The number of pyridine rings is 1. The van der Waals surface area contributed by atoms with Crippen molar-refractivity contribution in [2.75, 3.05) is 18.5 Å². The monoisotopic (exact) mass is 189 g/mol. The second-order valence-corrected chi connectivity index (χ2v) is 3.24. The molecule has 4 nitrogen and oxygen atoms in total. The number of nitrogens with zero attached hydrogens (tertiary/aromatic N) is 2. The first-order valence-corrected chi connectivity index (χ1v) is 4.58. The van der Waals surface area contributed by atoms with Gasteiger partial charge in [0.2, 0.25) is 0 Å². The first-order chi connectivity index (χ1) is 6.90. The van der Waals surface area contributed by atoms with Crippen molar-refractivity contribution in [2.45, 2.75) is 12.5 Å². The lowest BCUT2D eigenvalue weighted by Gasteiger charge is -2.12. The minimum Gasteiger partial charge on any atom is -0.379 e. The van der Waals surface area contributed by atoms with Gasteiger partial charge in [-0.1, -0.05) is 0 Å². The Labute approximate surface area is 82.5 Å². The summed E-state index contributed by atoms with van der Waals surface area (Å²) in [5.41, 5.74) is 1.43. The zero-order valence-electron chi connectivity index (χ0n) is 7.73. The number of nitriles is 1. The topological polar surface area (TPSA) is 57.9 Å². The third-order valence-electron chi connectivity index (χ3n) is 2.23. The van der Waals surface area contributed by atoms with Gasteiger partial charge in [-0.2, -0.15) is 5.26 Å². The molecule has 0 aliphatic carbocycles. The maximum Gasteiger partial charge on any atom is 0.103 e. The van der Waals surface area contributed by atoms with Crippen molar-refractivity contribution < 1.29 is 4.74 Å². The van der Waals surface area contributed by atoms with E-state index in [0.29, 0.717) is 18.2 Å². The Kier molecular flexibility index (Phi) is 2.61. The predicted octanol–water partition coefficient (Wildman–Crippen LogP) is 1.15. The molecule has 1 unspecified atom stereocenters. The summed E-state index contributed by atoms with van der Waals surface area (Å²) >= 11 is 0. The smallest absolute Gasteiger partial charge is 0.103 e. The largest absolute Gasteiger partial charge is 0.379 e. The van der Waals surface area contributed by atoms with Crippen molar-refractivity contribution in [3.63, 3.8) is 0 Å². The van der Waals surface area contributed by atoms with Crippen LogP contribution in [0.4, 0.5) is 5.69 Å². The molecule has 1 saturated heterocycles. The highest BCUT2D eigenvalue weighted by Crippen LogP contribution is 2.16. The molecule has 2 rings (SSSR count). The minimum atomic E-state index is 0.324. The molecular formula is C10H11N3O. The second-order valence-electron chi connectivity index (χ2n) is 3.24. The Morgan fingerprint density at radius 3 is 3.29 bits per heavy atom. The highest BCUT2D eigenvalue weighted by Gasteiger charge is 2.16. The second kappa shape index (κ2) is 4.07. The van der Waals surface area contributed by atoms with E-state index in [9.17, 15) is 0 Å². The normalized spacial score (nSPS) is 20.4. The molecule has 0 bridgehead atoms. The summed E-state index contributed by atoms with van der Waals surface area (Å²) in [4.78, 5) is 3.90. The summed E-state index contributed by atoms with van der Waals surface area (Å²) < 4.78 is 5.24. The molecule has 1 aliphatic heterocycles. The van der Waals surface area contributed by atoms with Crippen molar-refractivity contribution in [3.8, 4) is 6.07 Å². The molecule has 1 aromatic rings. The van der Waals surface area contributed by atoms with Crippen molar-refractivity contribution in [3.05, 3.63) is 24.0 Å². The minimum absolute atomic E-state index is 0.324. The van der Waals surface area contributed by atoms with E-state index in [2.05, 4.69) is 16.4 Å². The lowest BCUT2D eigenvalue weighted by atomic mass is 10.2. The first-order valence-electron chi connectivity index (χ1n) is 4.58. The molecule has 0 saturated carbocycles. The van der Waals surface area contributed by atoms with E-state index in [1.807, 2.05) is 6.07 Å². The van der Waals surface area contributed by atoms with Gasteiger partial charge in [0.25, 0.3) is 0 Å². The number of aromatic nitrogens is 1. The maximum absolute atomic E-state index is 8.83. The van der Waals surface area contributed by atoms with Crippen LogP contribution in [0.25, 0.3) is 0 Å². The zero-order chi connectivity index (χ0) is 9.80. The Hall–Kier alpha value is -1.60. The van der Waals surface area contributed by atoms with Gasteiger partial charge in [-0.3, -0.25) is 4.98 Å². The summed E-state index contributed by atoms with van der Waals surface area (Å²) in [5, 5.41) is 12.1. The molecule has 0 spiro atoms. The lowest BCUT2D eigenvalue weighted by Crippen LogP contribution is -2.19. The van der Waals surface area contributed by atoms with Gasteiger partial charge in [0, 0.05) is 19.0 Å². The van der Waals surface area contributed by atoms with Crippen LogP contribution in [0.1, 0.15) is 12.0 Å². The van der Waals surface area contributed by atoms with Crippen LogP contribution in [-0.4, -0.2) is 24.2 Å². The molecule has 1 atom stereocenters. The molecule has 14 heavy (non-hydrogen) atoms. The Bertz CT molecular complexity index is 353. The van der Waals surface area contributed by atoms with Crippen LogP contribution in [-0.2, 0) is 4.74 Å². The average molecular weight is 189 g/mol. The van der Waals surface area contributed by atoms with E-state index in [1.165, 1.54) is 0 Å². The van der Waals surface area contributed by atoms with Gasteiger partial charge in [0.15, 0.2) is 0 Å². The van der Waals surface area contributed by atoms with E-state index in [-0.39, 0.29) is 0 Å². The summed E-state index contributed by atoms with van der Waals surface area (Å²) in [6, 6.07) is 4.24. The molecule has 2 heterocycles. The Morgan fingerprint density at radius 1 is 1.64 bits per heavy atom. The van der Waals surface area contributed by atoms with E-state index in [4.69, 9.17) is 10.00 Å². The van der Waals surface area contributed by atoms with Crippen LogP contribution in [0.5, 0.6) is 0 Å². The van der Waals surface area contributed by atoms with Gasteiger partial charge in [-0.15, -0.1) is 0 Å². The number of hydrogen-bond acceptors (Lipinski definition) is 4. The number of anilines is 1. The standard InChI is InChI=1S/C10H11N3O/c11-5-8-6-12-3-1-10(8)13-9-2-4-14-7-9/h1,3,6,9H,2,4,7H2,(H,12,13). The van der Waals surface area contributed by atoms with Gasteiger partial charge in [0.05, 0.1) is 23.9 Å². The number of hydrogen-bond donors (Lipinski definition) is 1. The predicted molar refractivity (Wildman–Crippen MR) is 51.8 cm³/mol. The van der Waals surface area contributed by atoms with Gasteiger partial charge in [-0.05, 0) is 12.5 Å². The van der Waals surface area contributed by atoms with Crippen molar-refractivity contribution in [1.29, 1.82) is 5.26 Å². The van der Waals surface area contributed by atoms with Crippen LogP contribution < -0.4 is 5.32 Å². The van der Waals surface area contributed by atoms with Gasteiger partial charge >= 0.3 is 0 Å². The van der Waals surface area contributed by atoms with Gasteiger partial charge in [0.1, 0.15) is 6.07 Å². The third-order valence-corrected chi connectivity index (χ3v) is 2.23. The summed E-state index contributed by atoms with van der Waals surface area (Å²) in [6.07, 6.45) is 4.24. The fourth-order valence-electron chi connectivity index (χ4n) is 1.48. The summed E-state index contributed by atoms with van der Waals surface area (Å²) in [5.74, 6) is 0. The molecule has 0 radical (unpaired) electrons. The molecule has 1 N–H and O–H groups in total. The number of ether oxygens (including phenoxy) is 1. The van der Waals surface area contributed by atoms with Crippen molar-refractivity contribution in [2.24, 2.45) is 0 Å². The molecule has 1 fully saturated rings. The highest BCUT2D eigenvalue weighted by molar-refractivity contribution is 5.56. The number of nitrogens with one attached hydrogen (secondary N) is 1. The highest BCUT2D eigenvalue weighted by atomic mass is 16.5. The van der Waals surface area contributed by atoms with E-state index in [0.717, 1.165) is 18.7 Å². The fourth-order valence-corrected chi connectivity index (χ4v) is 1.48. The lowest BCUT2D eigenvalue weighted by molar-refractivity contribution is 0.195. The Balaban J connectivity index is 2.11.